The zero-order valence-corrected chi connectivity index (χ0v) is 11.1. The smallest absolute Gasteiger partial charge is 0.326 e. The van der Waals surface area contributed by atoms with Crippen LogP contribution in [0.25, 0.3) is 0 Å². The van der Waals surface area contributed by atoms with E-state index in [1.165, 1.54) is 0 Å². The third kappa shape index (κ3) is 7.06. The molecule has 6 nitrogen and oxygen atoms in total. The van der Waals surface area contributed by atoms with Crippen molar-refractivity contribution in [3.05, 3.63) is 0 Å². The van der Waals surface area contributed by atoms with Crippen LogP contribution in [-0.4, -0.2) is 52.4 Å². The van der Waals surface area contributed by atoms with Crippen LogP contribution in [0.3, 0.4) is 0 Å². The first-order chi connectivity index (χ1) is 7.82. The number of carboxylic acid groups (broad SMARTS) is 1. The van der Waals surface area contributed by atoms with E-state index in [0.29, 0.717) is 6.54 Å². The Hall–Kier alpha value is -0.950. The molecule has 0 aromatic heterocycles. The van der Waals surface area contributed by atoms with Gasteiger partial charge in [0.15, 0.2) is 0 Å². The third-order valence-electron chi connectivity index (χ3n) is 2.25. The molecule has 1 atom stereocenters. The summed E-state index contributed by atoms with van der Waals surface area (Å²) in [6.45, 7) is 4.10. The number of aliphatic carboxylic acids is 1. The highest BCUT2D eigenvalue weighted by Gasteiger charge is 2.21. The fraction of sp³-hybridized carbons (Fsp3) is 0.800. The van der Waals surface area contributed by atoms with Crippen LogP contribution in [0.15, 0.2) is 0 Å². The van der Waals surface area contributed by atoms with Crippen molar-refractivity contribution >= 4 is 23.8 Å². The average Bonchev–Trinajstić information content (AvgIpc) is 2.26. The molecule has 2 amide bonds. The second-order valence-corrected chi connectivity index (χ2v) is 5.71. The van der Waals surface area contributed by atoms with Crippen LogP contribution in [0.1, 0.15) is 20.3 Å². The SMILES string of the molecule is CSC(C)(C)CNC(=O)NC(CCO)C(=O)O. The van der Waals surface area contributed by atoms with Crippen molar-refractivity contribution in [2.75, 3.05) is 19.4 Å². The Balaban J connectivity index is 4.11. The lowest BCUT2D eigenvalue weighted by molar-refractivity contribution is -0.139. The fourth-order valence-electron chi connectivity index (χ4n) is 0.961. The number of hydrogen-bond acceptors (Lipinski definition) is 4. The Morgan fingerprint density at radius 3 is 2.41 bits per heavy atom. The lowest BCUT2D eigenvalue weighted by Crippen LogP contribution is -2.48. The Kier molecular flexibility index (Phi) is 6.98. The largest absolute Gasteiger partial charge is 0.480 e. The maximum atomic E-state index is 11.4. The van der Waals surface area contributed by atoms with Crippen LogP contribution in [-0.2, 0) is 4.79 Å². The number of aliphatic hydroxyl groups is 1. The van der Waals surface area contributed by atoms with Gasteiger partial charge in [0.25, 0.3) is 0 Å². The standard InChI is InChI=1S/C10H20N2O4S/c1-10(2,17-3)6-11-9(16)12-7(4-5-13)8(14)15/h7,13H,4-6H2,1-3H3,(H,14,15)(H2,11,12,16). The minimum Gasteiger partial charge on any atom is -0.480 e. The van der Waals surface area contributed by atoms with Gasteiger partial charge in [0, 0.05) is 24.3 Å². The second-order valence-electron chi connectivity index (χ2n) is 4.19. The molecule has 0 aliphatic heterocycles. The van der Waals surface area contributed by atoms with Crippen molar-refractivity contribution in [2.24, 2.45) is 0 Å². The minimum absolute atomic E-state index is 0.00528. The van der Waals surface area contributed by atoms with Gasteiger partial charge in [-0.15, -0.1) is 0 Å². The van der Waals surface area contributed by atoms with Gasteiger partial charge in [0.1, 0.15) is 6.04 Å². The van der Waals surface area contributed by atoms with Crippen molar-refractivity contribution < 1.29 is 19.8 Å². The van der Waals surface area contributed by atoms with Crippen LogP contribution < -0.4 is 10.6 Å². The van der Waals surface area contributed by atoms with Gasteiger partial charge in [-0.25, -0.2) is 9.59 Å². The van der Waals surface area contributed by atoms with E-state index in [4.69, 9.17) is 10.2 Å². The molecule has 1 unspecified atom stereocenters. The molecule has 0 bridgehead atoms. The quantitative estimate of drug-likeness (QED) is 0.529. The van der Waals surface area contributed by atoms with Crippen molar-refractivity contribution in [2.45, 2.75) is 31.1 Å². The Morgan fingerprint density at radius 1 is 1.41 bits per heavy atom. The van der Waals surface area contributed by atoms with Gasteiger partial charge in [-0.3, -0.25) is 0 Å². The zero-order valence-electron chi connectivity index (χ0n) is 10.3. The van der Waals surface area contributed by atoms with E-state index in [0.717, 1.165) is 0 Å². The first-order valence-electron chi connectivity index (χ1n) is 5.25. The van der Waals surface area contributed by atoms with Crippen molar-refractivity contribution in [3.63, 3.8) is 0 Å². The molecule has 0 aromatic rings. The maximum Gasteiger partial charge on any atom is 0.326 e. The summed E-state index contributed by atoms with van der Waals surface area (Å²) in [4.78, 5) is 22.1. The van der Waals surface area contributed by atoms with Gasteiger partial charge >= 0.3 is 12.0 Å². The number of amides is 2. The Labute approximate surface area is 105 Å². The number of urea groups is 1. The summed E-state index contributed by atoms with van der Waals surface area (Å²) < 4.78 is -0.104. The van der Waals surface area contributed by atoms with E-state index in [2.05, 4.69) is 10.6 Å². The van der Waals surface area contributed by atoms with Crippen LogP contribution in [0.4, 0.5) is 4.79 Å². The molecule has 0 saturated carbocycles. The summed E-state index contributed by atoms with van der Waals surface area (Å²) in [6.07, 6.45) is 1.93. The number of carboxylic acids is 1. The van der Waals surface area contributed by atoms with Gasteiger partial charge in [-0.05, 0) is 20.1 Å². The van der Waals surface area contributed by atoms with Crippen LogP contribution in [0.2, 0.25) is 0 Å². The van der Waals surface area contributed by atoms with Crippen molar-refractivity contribution in [3.8, 4) is 0 Å². The molecule has 0 radical (unpaired) electrons. The number of hydrogen-bond donors (Lipinski definition) is 4. The number of rotatable bonds is 7. The molecule has 0 spiro atoms. The predicted octanol–water partition coefficient (Wildman–Crippen LogP) is 0.263. The molecule has 17 heavy (non-hydrogen) atoms. The van der Waals surface area contributed by atoms with Gasteiger partial charge in [0.2, 0.25) is 0 Å². The van der Waals surface area contributed by atoms with E-state index >= 15 is 0 Å². The van der Waals surface area contributed by atoms with E-state index in [1.54, 1.807) is 11.8 Å². The average molecular weight is 264 g/mol. The number of carbonyl (C=O) groups is 2. The molecule has 100 valence electrons. The van der Waals surface area contributed by atoms with E-state index in [1.807, 2.05) is 20.1 Å². The normalized spacial score (nSPS) is 12.9. The molecular formula is C10H20N2O4S. The van der Waals surface area contributed by atoms with Crippen LogP contribution >= 0.6 is 11.8 Å². The lowest BCUT2D eigenvalue weighted by atomic mass is 10.2. The topological polar surface area (TPSA) is 98.7 Å². The van der Waals surface area contributed by atoms with E-state index < -0.39 is 18.0 Å². The molecule has 0 aliphatic rings. The molecule has 0 fully saturated rings. The lowest BCUT2D eigenvalue weighted by Gasteiger charge is -2.23. The summed E-state index contributed by atoms with van der Waals surface area (Å²) >= 11 is 1.61. The number of carbonyl (C=O) groups excluding carboxylic acids is 1. The Morgan fingerprint density at radius 2 is 2.00 bits per heavy atom. The van der Waals surface area contributed by atoms with E-state index in [9.17, 15) is 9.59 Å². The van der Waals surface area contributed by atoms with Gasteiger partial charge in [-0.2, -0.15) is 11.8 Å². The maximum absolute atomic E-state index is 11.4. The number of aliphatic hydroxyl groups excluding tert-OH is 1. The summed E-state index contributed by atoms with van der Waals surface area (Å²) in [5, 5.41) is 22.3. The molecular weight excluding hydrogens is 244 g/mol. The Bertz CT molecular complexity index is 271. The monoisotopic (exact) mass is 264 g/mol. The molecule has 0 saturated heterocycles. The highest BCUT2D eigenvalue weighted by atomic mass is 32.2. The van der Waals surface area contributed by atoms with Gasteiger partial charge in [0.05, 0.1) is 0 Å². The summed E-state index contributed by atoms with van der Waals surface area (Å²) in [7, 11) is 0. The summed E-state index contributed by atoms with van der Waals surface area (Å²) in [6, 6.07) is -1.59. The zero-order chi connectivity index (χ0) is 13.5. The van der Waals surface area contributed by atoms with E-state index in [-0.39, 0.29) is 17.8 Å². The fourth-order valence-corrected chi connectivity index (χ4v) is 1.18. The first-order valence-corrected chi connectivity index (χ1v) is 6.48. The molecule has 4 N–H and O–H groups in total. The molecule has 0 rings (SSSR count). The summed E-state index contributed by atoms with van der Waals surface area (Å²) in [5.74, 6) is -1.15. The highest BCUT2D eigenvalue weighted by molar-refractivity contribution is 7.99. The minimum atomic E-state index is -1.15. The molecule has 0 aromatic carbocycles. The predicted molar refractivity (Wildman–Crippen MR) is 67.3 cm³/mol. The number of nitrogens with one attached hydrogen (secondary N) is 2. The second kappa shape index (κ2) is 7.39. The molecule has 0 heterocycles. The van der Waals surface area contributed by atoms with Crippen molar-refractivity contribution in [1.29, 1.82) is 0 Å². The van der Waals surface area contributed by atoms with Crippen LogP contribution in [0.5, 0.6) is 0 Å². The third-order valence-corrected chi connectivity index (χ3v) is 3.50. The van der Waals surface area contributed by atoms with Crippen molar-refractivity contribution in [1.82, 2.24) is 10.6 Å². The number of thioether (sulfide) groups is 1. The molecule has 7 heteroatoms. The summed E-state index contributed by atoms with van der Waals surface area (Å²) in [5.41, 5.74) is 0. The first kappa shape index (κ1) is 16.1. The highest BCUT2D eigenvalue weighted by Crippen LogP contribution is 2.19. The van der Waals surface area contributed by atoms with Gasteiger partial charge in [-0.1, -0.05) is 0 Å². The molecule has 0 aliphatic carbocycles. The van der Waals surface area contributed by atoms with Crippen LogP contribution in [0, 0.1) is 0 Å². The van der Waals surface area contributed by atoms with Gasteiger partial charge < -0.3 is 20.8 Å².